The third-order valence-electron chi connectivity index (χ3n) is 7.21. The second-order valence-corrected chi connectivity index (χ2v) is 10.5. The molecule has 42 heavy (non-hydrogen) atoms. The van der Waals surface area contributed by atoms with Crippen molar-refractivity contribution in [2.45, 2.75) is 57.4 Å². The number of piperidine rings is 1. The lowest BCUT2D eigenvalue weighted by molar-refractivity contribution is -0.276. The van der Waals surface area contributed by atoms with Crippen LogP contribution in [-0.4, -0.2) is 78.8 Å². The van der Waals surface area contributed by atoms with Gasteiger partial charge in [-0.15, -0.1) is 26.3 Å². The lowest BCUT2D eigenvalue weighted by atomic mass is 9.85. The Kier molecular flexibility index (Phi) is 9.14. The van der Waals surface area contributed by atoms with Gasteiger partial charge in [0.1, 0.15) is 17.0 Å². The first-order valence-corrected chi connectivity index (χ1v) is 13.5. The first-order valence-electron chi connectivity index (χ1n) is 13.5. The molecule has 1 spiro atoms. The number of alkyl halides is 6. The van der Waals surface area contributed by atoms with E-state index in [1.807, 2.05) is 49.1 Å². The van der Waals surface area contributed by atoms with Gasteiger partial charge in [0.25, 0.3) is 5.91 Å². The number of amides is 2. The highest BCUT2D eigenvalue weighted by Crippen LogP contribution is 2.40. The molecular weight excluding hydrogens is 570 g/mol. The summed E-state index contributed by atoms with van der Waals surface area (Å²) in [5, 5.41) is 3.33. The first kappa shape index (κ1) is 31.3. The predicted octanol–water partition coefficient (Wildman–Crippen LogP) is 5.15. The number of hydrogen-bond donors (Lipinski definition) is 1. The molecule has 2 saturated heterocycles. The van der Waals surface area contributed by atoms with Crippen molar-refractivity contribution in [3.8, 4) is 11.5 Å². The molecule has 0 saturated carbocycles. The maximum absolute atomic E-state index is 13.8. The Hall–Kier alpha value is -3.68. The standard InChI is InChI=1S/C28H32F6N4O4/c1-19(2)35-11-6-12-37-18-38(21-7-4-3-5-8-21)26(25(37)40)9-13-36(14-10-26)24(39)20-15-22(41-27(29,30)31)17-23(16-20)42-28(32,33)34/h3-5,7-8,15-17,19,35H,6,9-14,18H2,1-2H3. The second-order valence-electron chi connectivity index (χ2n) is 10.5. The summed E-state index contributed by atoms with van der Waals surface area (Å²) in [6, 6.07) is 11.5. The van der Waals surface area contributed by atoms with Crippen LogP contribution in [0.5, 0.6) is 11.5 Å². The van der Waals surface area contributed by atoms with E-state index in [1.165, 1.54) is 4.90 Å². The topological polar surface area (TPSA) is 74.3 Å². The molecule has 2 aromatic carbocycles. The van der Waals surface area contributed by atoms with Crippen LogP contribution < -0.4 is 19.7 Å². The molecule has 4 rings (SSSR count). The third-order valence-corrected chi connectivity index (χ3v) is 7.21. The normalized spacial score (nSPS) is 17.4. The van der Waals surface area contributed by atoms with Gasteiger partial charge < -0.3 is 29.5 Å². The molecule has 14 heteroatoms. The van der Waals surface area contributed by atoms with Crippen molar-refractivity contribution in [2.75, 3.05) is 37.7 Å². The van der Waals surface area contributed by atoms with E-state index in [2.05, 4.69) is 14.8 Å². The van der Waals surface area contributed by atoms with Crippen LogP contribution in [0.1, 0.15) is 43.5 Å². The van der Waals surface area contributed by atoms with E-state index in [0.717, 1.165) is 18.7 Å². The highest BCUT2D eigenvalue weighted by molar-refractivity contribution is 5.97. The number of ether oxygens (including phenoxy) is 2. The van der Waals surface area contributed by atoms with E-state index >= 15 is 0 Å². The number of anilines is 1. The molecule has 2 aromatic rings. The van der Waals surface area contributed by atoms with Gasteiger partial charge in [-0.3, -0.25) is 9.59 Å². The lowest BCUT2D eigenvalue weighted by Crippen LogP contribution is -2.57. The van der Waals surface area contributed by atoms with Gasteiger partial charge in [0.2, 0.25) is 5.91 Å². The van der Waals surface area contributed by atoms with Crippen LogP contribution >= 0.6 is 0 Å². The Morgan fingerprint density at radius 3 is 2.05 bits per heavy atom. The van der Waals surface area contributed by atoms with E-state index in [1.54, 1.807) is 4.90 Å². The molecule has 2 fully saturated rings. The number of hydrogen-bond acceptors (Lipinski definition) is 6. The number of rotatable bonds is 9. The van der Waals surface area contributed by atoms with Gasteiger partial charge in [-0.1, -0.05) is 32.0 Å². The molecule has 230 valence electrons. The van der Waals surface area contributed by atoms with Crippen molar-refractivity contribution < 1.29 is 45.4 Å². The van der Waals surface area contributed by atoms with Gasteiger partial charge in [0.15, 0.2) is 0 Å². The number of nitrogens with zero attached hydrogens (tertiary/aromatic N) is 3. The van der Waals surface area contributed by atoms with Gasteiger partial charge >= 0.3 is 12.7 Å². The van der Waals surface area contributed by atoms with Crippen molar-refractivity contribution in [1.82, 2.24) is 15.1 Å². The van der Waals surface area contributed by atoms with Gasteiger partial charge in [0.05, 0.1) is 6.67 Å². The highest BCUT2D eigenvalue weighted by Gasteiger charge is 2.54. The quantitative estimate of drug-likeness (QED) is 0.316. The van der Waals surface area contributed by atoms with E-state index in [9.17, 15) is 35.9 Å². The summed E-state index contributed by atoms with van der Waals surface area (Å²) in [6.07, 6.45) is -9.22. The van der Waals surface area contributed by atoms with Gasteiger partial charge in [-0.05, 0) is 50.1 Å². The van der Waals surface area contributed by atoms with Crippen molar-refractivity contribution in [3.05, 3.63) is 54.1 Å². The molecule has 0 atom stereocenters. The molecule has 2 heterocycles. The van der Waals surface area contributed by atoms with Crippen molar-refractivity contribution in [2.24, 2.45) is 0 Å². The molecule has 2 aliphatic heterocycles. The SMILES string of the molecule is CC(C)NCCCN1CN(c2ccccc2)C2(CCN(C(=O)c3cc(OC(F)(F)F)cc(OC(F)(F)F)c3)CC2)C1=O. The number of benzene rings is 2. The Labute approximate surface area is 239 Å². The number of nitrogens with one attached hydrogen (secondary N) is 1. The molecule has 0 aliphatic carbocycles. The zero-order valence-electron chi connectivity index (χ0n) is 23.1. The largest absolute Gasteiger partial charge is 0.573 e. The third kappa shape index (κ3) is 7.58. The van der Waals surface area contributed by atoms with E-state index in [0.29, 0.717) is 37.5 Å². The van der Waals surface area contributed by atoms with E-state index in [-0.39, 0.29) is 31.8 Å². The van der Waals surface area contributed by atoms with Crippen LogP contribution in [0.15, 0.2) is 48.5 Å². The monoisotopic (exact) mass is 602 g/mol. The van der Waals surface area contributed by atoms with Crippen LogP contribution in [0, 0.1) is 0 Å². The van der Waals surface area contributed by atoms with Crippen LogP contribution in [0.2, 0.25) is 0 Å². The molecule has 1 N–H and O–H groups in total. The molecule has 0 unspecified atom stereocenters. The van der Waals surface area contributed by atoms with Gasteiger partial charge in [-0.25, -0.2) is 0 Å². The maximum Gasteiger partial charge on any atom is 0.573 e. The minimum Gasteiger partial charge on any atom is -0.406 e. The average Bonchev–Trinajstić information content (AvgIpc) is 3.15. The number of carbonyl (C=O) groups is 2. The summed E-state index contributed by atoms with van der Waals surface area (Å²) in [4.78, 5) is 32.2. The Bertz CT molecular complexity index is 1210. The van der Waals surface area contributed by atoms with E-state index < -0.39 is 41.2 Å². The maximum atomic E-state index is 13.8. The minimum absolute atomic E-state index is 0.0521. The van der Waals surface area contributed by atoms with Crippen molar-refractivity contribution in [1.29, 1.82) is 0 Å². The van der Waals surface area contributed by atoms with Crippen LogP contribution in [-0.2, 0) is 4.79 Å². The molecule has 2 amide bonds. The smallest absolute Gasteiger partial charge is 0.406 e. The summed E-state index contributed by atoms with van der Waals surface area (Å²) < 4.78 is 84.5. The molecule has 0 aromatic heterocycles. The summed E-state index contributed by atoms with van der Waals surface area (Å²) in [5.41, 5.74) is -0.585. The summed E-state index contributed by atoms with van der Waals surface area (Å²) in [7, 11) is 0. The van der Waals surface area contributed by atoms with Gasteiger partial charge in [-0.2, -0.15) is 0 Å². The number of para-hydroxylation sites is 1. The zero-order valence-corrected chi connectivity index (χ0v) is 23.1. The average molecular weight is 603 g/mol. The molecule has 0 radical (unpaired) electrons. The molecule has 2 aliphatic rings. The first-order chi connectivity index (χ1) is 19.7. The summed E-state index contributed by atoms with van der Waals surface area (Å²) in [6.45, 7) is 5.79. The van der Waals surface area contributed by atoms with Crippen molar-refractivity contribution >= 4 is 17.5 Å². The van der Waals surface area contributed by atoms with Crippen LogP contribution in [0.3, 0.4) is 0 Å². The highest BCUT2D eigenvalue weighted by atomic mass is 19.4. The minimum atomic E-state index is -5.20. The zero-order chi connectivity index (χ0) is 30.7. The van der Waals surface area contributed by atoms with E-state index in [4.69, 9.17) is 0 Å². The fourth-order valence-corrected chi connectivity index (χ4v) is 5.38. The Morgan fingerprint density at radius 1 is 0.952 bits per heavy atom. The molecule has 8 nitrogen and oxygen atoms in total. The number of likely N-dealkylation sites (tertiary alicyclic amines) is 1. The fourth-order valence-electron chi connectivity index (χ4n) is 5.38. The number of carbonyl (C=O) groups excluding carboxylic acids is 2. The summed E-state index contributed by atoms with van der Waals surface area (Å²) >= 11 is 0. The van der Waals surface area contributed by atoms with Crippen molar-refractivity contribution in [3.63, 3.8) is 0 Å². The number of halogens is 6. The van der Waals surface area contributed by atoms with Crippen LogP contribution in [0.4, 0.5) is 32.0 Å². The summed E-state index contributed by atoms with van der Waals surface area (Å²) in [5.74, 6) is -2.93. The Balaban J connectivity index is 1.54. The lowest BCUT2D eigenvalue weighted by Gasteiger charge is -2.43. The fraction of sp³-hybridized carbons (Fsp3) is 0.500. The Morgan fingerprint density at radius 2 is 1.52 bits per heavy atom. The predicted molar refractivity (Wildman–Crippen MR) is 141 cm³/mol. The second kappa shape index (κ2) is 12.3. The molecular formula is C28H32F6N4O4. The van der Waals surface area contributed by atoms with Gasteiger partial charge in [0, 0.05) is 43.0 Å². The molecule has 0 bridgehead atoms. The van der Waals surface area contributed by atoms with Crippen LogP contribution in [0.25, 0.3) is 0 Å².